The van der Waals surface area contributed by atoms with Crippen LogP contribution in [-0.4, -0.2) is 39.7 Å². The number of anilines is 1. The summed E-state index contributed by atoms with van der Waals surface area (Å²) in [5.74, 6) is 1.51. The van der Waals surface area contributed by atoms with Crippen molar-refractivity contribution in [3.63, 3.8) is 0 Å². The number of hydrogen-bond acceptors (Lipinski definition) is 2. The lowest BCUT2D eigenvalue weighted by Crippen LogP contribution is -2.38. The largest absolute Gasteiger partial charge is 0.371 e. The monoisotopic (exact) mass is 280 g/mol. The number of guanidine groups is 1. The molecule has 1 aliphatic heterocycles. The van der Waals surface area contributed by atoms with E-state index in [0.717, 1.165) is 30.6 Å². The van der Waals surface area contributed by atoms with Crippen molar-refractivity contribution in [3.05, 3.63) is 29.3 Å². The van der Waals surface area contributed by atoms with E-state index < -0.39 is 0 Å². The van der Waals surface area contributed by atoms with Crippen molar-refractivity contribution in [2.24, 2.45) is 10.9 Å². The smallest absolute Gasteiger partial charge is 0.190 e. The first-order valence-corrected chi connectivity index (χ1v) is 6.99. The Morgan fingerprint density at radius 3 is 2.79 bits per heavy atom. The Hall–Kier alpha value is -1.42. The van der Waals surface area contributed by atoms with Crippen LogP contribution in [0.2, 0.25) is 5.02 Å². The van der Waals surface area contributed by atoms with E-state index >= 15 is 0 Å². The van der Waals surface area contributed by atoms with Gasteiger partial charge in [0.05, 0.1) is 0 Å². The molecular weight excluding hydrogens is 260 g/mol. The molecule has 1 aliphatic rings. The average molecular weight is 281 g/mol. The maximum Gasteiger partial charge on any atom is 0.190 e. The predicted octanol–water partition coefficient (Wildman–Crippen LogP) is 1.96. The highest BCUT2D eigenvalue weighted by Crippen LogP contribution is 2.24. The fourth-order valence-electron chi connectivity index (χ4n) is 2.41. The van der Waals surface area contributed by atoms with Gasteiger partial charge in [-0.25, -0.2) is 0 Å². The zero-order valence-electron chi connectivity index (χ0n) is 11.5. The lowest BCUT2D eigenvalue weighted by atomic mass is 10.1. The van der Waals surface area contributed by atoms with Gasteiger partial charge in [-0.15, -0.1) is 0 Å². The summed E-state index contributed by atoms with van der Waals surface area (Å²) in [6.07, 6.45) is 1.20. The van der Waals surface area contributed by atoms with Gasteiger partial charge in [0.1, 0.15) is 0 Å². The molecule has 0 bridgehead atoms. The molecule has 5 heteroatoms. The molecule has 2 rings (SSSR count). The average Bonchev–Trinajstić information content (AvgIpc) is 2.89. The van der Waals surface area contributed by atoms with Crippen molar-refractivity contribution >= 4 is 23.2 Å². The SMILES string of the molecule is CN=C(NC)NC[C@H]1CCN(c2ccc(Cl)cc2)C1. The fourth-order valence-corrected chi connectivity index (χ4v) is 2.53. The lowest BCUT2D eigenvalue weighted by molar-refractivity contribution is 0.568. The maximum atomic E-state index is 5.91. The Bertz CT molecular complexity index is 430. The molecule has 0 radical (unpaired) electrons. The highest BCUT2D eigenvalue weighted by atomic mass is 35.5. The number of nitrogens with one attached hydrogen (secondary N) is 2. The van der Waals surface area contributed by atoms with Gasteiger partial charge in [0.2, 0.25) is 0 Å². The minimum absolute atomic E-state index is 0.653. The first kappa shape index (κ1) is 14.0. The third kappa shape index (κ3) is 3.77. The molecule has 1 fully saturated rings. The van der Waals surface area contributed by atoms with Gasteiger partial charge >= 0.3 is 0 Å². The Morgan fingerprint density at radius 2 is 2.16 bits per heavy atom. The molecule has 0 amide bonds. The number of halogens is 1. The van der Waals surface area contributed by atoms with Gasteiger partial charge in [-0.05, 0) is 36.6 Å². The van der Waals surface area contributed by atoms with Crippen LogP contribution in [0.3, 0.4) is 0 Å². The molecular formula is C14H21ClN4. The van der Waals surface area contributed by atoms with Gasteiger partial charge in [-0.3, -0.25) is 4.99 Å². The molecule has 0 aliphatic carbocycles. The first-order valence-electron chi connectivity index (χ1n) is 6.62. The normalized spacial score (nSPS) is 19.6. The molecule has 0 spiro atoms. The topological polar surface area (TPSA) is 39.7 Å². The number of rotatable bonds is 3. The predicted molar refractivity (Wildman–Crippen MR) is 82.2 cm³/mol. The summed E-state index contributed by atoms with van der Waals surface area (Å²) in [7, 11) is 3.66. The Balaban J connectivity index is 1.84. The molecule has 1 heterocycles. The van der Waals surface area contributed by atoms with E-state index in [2.05, 4.69) is 32.7 Å². The Labute approximate surface area is 119 Å². The summed E-state index contributed by atoms with van der Waals surface area (Å²) >= 11 is 5.91. The first-order chi connectivity index (χ1) is 9.22. The van der Waals surface area contributed by atoms with Gasteiger partial charge in [-0.1, -0.05) is 11.6 Å². The van der Waals surface area contributed by atoms with Crippen LogP contribution in [0.1, 0.15) is 6.42 Å². The number of benzene rings is 1. The Kier molecular flexibility index (Phi) is 4.91. The van der Waals surface area contributed by atoms with E-state index in [1.807, 2.05) is 19.2 Å². The second-order valence-electron chi connectivity index (χ2n) is 4.78. The van der Waals surface area contributed by atoms with Gasteiger partial charge < -0.3 is 15.5 Å². The summed E-state index contributed by atoms with van der Waals surface area (Å²) in [6.45, 7) is 3.14. The van der Waals surface area contributed by atoms with Crippen molar-refractivity contribution in [2.75, 3.05) is 38.6 Å². The number of nitrogens with zero attached hydrogens (tertiary/aromatic N) is 2. The lowest BCUT2D eigenvalue weighted by Gasteiger charge is -2.19. The zero-order chi connectivity index (χ0) is 13.7. The second kappa shape index (κ2) is 6.66. The third-order valence-electron chi connectivity index (χ3n) is 3.50. The van der Waals surface area contributed by atoms with Crippen molar-refractivity contribution < 1.29 is 0 Å². The summed E-state index contributed by atoms with van der Waals surface area (Å²) < 4.78 is 0. The van der Waals surface area contributed by atoms with Crippen LogP contribution in [0, 0.1) is 5.92 Å². The Morgan fingerprint density at radius 1 is 1.42 bits per heavy atom. The van der Waals surface area contributed by atoms with Gasteiger partial charge in [-0.2, -0.15) is 0 Å². The van der Waals surface area contributed by atoms with E-state index in [1.165, 1.54) is 12.1 Å². The highest BCUT2D eigenvalue weighted by Gasteiger charge is 2.22. The maximum absolute atomic E-state index is 5.91. The molecule has 1 saturated heterocycles. The summed E-state index contributed by atoms with van der Waals surface area (Å²) in [6, 6.07) is 8.08. The molecule has 0 saturated carbocycles. The molecule has 19 heavy (non-hydrogen) atoms. The molecule has 0 unspecified atom stereocenters. The van der Waals surface area contributed by atoms with Crippen LogP contribution >= 0.6 is 11.6 Å². The van der Waals surface area contributed by atoms with Crippen LogP contribution in [0.25, 0.3) is 0 Å². The molecule has 4 nitrogen and oxygen atoms in total. The van der Waals surface area contributed by atoms with Gasteiger partial charge in [0, 0.05) is 44.4 Å². The minimum Gasteiger partial charge on any atom is -0.371 e. The van der Waals surface area contributed by atoms with Crippen molar-refractivity contribution in [2.45, 2.75) is 6.42 Å². The van der Waals surface area contributed by atoms with Gasteiger partial charge in [0.15, 0.2) is 5.96 Å². The van der Waals surface area contributed by atoms with E-state index in [-0.39, 0.29) is 0 Å². The highest BCUT2D eigenvalue weighted by molar-refractivity contribution is 6.30. The van der Waals surface area contributed by atoms with Crippen molar-refractivity contribution in [3.8, 4) is 0 Å². The molecule has 1 atom stereocenters. The standard InChI is InChI=1S/C14H21ClN4/c1-16-14(17-2)18-9-11-7-8-19(10-11)13-5-3-12(15)4-6-13/h3-6,11H,7-10H2,1-2H3,(H2,16,17,18)/t11-/m1/s1. The van der Waals surface area contributed by atoms with Crippen LogP contribution in [0.15, 0.2) is 29.3 Å². The van der Waals surface area contributed by atoms with E-state index in [4.69, 9.17) is 11.6 Å². The van der Waals surface area contributed by atoms with Crippen molar-refractivity contribution in [1.29, 1.82) is 0 Å². The molecule has 104 valence electrons. The summed E-state index contributed by atoms with van der Waals surface area (Å²) in [5, 5.41) is 7.16. The summed E-state index contributed by atoms with van der Waals surface area (Å²) in [4.78, 5) is 6.53. The van der Waals surface area contributed by atoms with Crippen LogP contribution in [-0.2, 0) is 0 Å². The van der Waals surface area contributed by atoms with Crippen LogP contribution in [0.4, 0.5) is 5.69 Å². The van der Waals surface area contributed by atoms with E-state index in [9.17, 15) is 0 Å². The fraction of sp³-hybridized carbons (Fsp3) is 0.500. The van der Waals surface area contributed by atoms with Crippen LogP contribution in [0.5, 0.6) is 0 Å². The van der Waals surface area contributed by atoms with Crippen LogP contribution < -0.4 is 15.5 Å². The molecule has 1 aromatic rings. The second-order valence-corrected chi connectivity index (χ2v) is 5.22. The van der Waals surface area contributed by atoms with E-state index in [0.29, 0.717) is 5.92 Å². The zero-order valence-corrected chi connectivity index (χ0v) is 12.2. The summed E-state index contributed by atoms with van der Waals surface area (Å²) in [5.41, 5.74) is 1.25. The van der Waals surface area contributed by atoms with Gasteiger partial charge in [0.25, 0.3) is 0 Å². The minimum atomic E-state index is 0.653. The van der Waals surface area contributed by atoms with Crippen molar-refractivity contribution in [1.82, 2.24) is 10.6 Å². The number of hydrogen-bond donors (Lipinski definition) is 2. The van der Waals surface area contributed by atoms with E-state index in [1.54, 1.807) is 7.05 Å². The molecule has 2 N–H and O–H groups in total. The quantitative estimate of drug-likeness (QED) is 0.657. The number of aliphatic imine (C=N–C) groups is 1. The molecule has 0 aromatic heterocycles. The molecule has 1 aromatic carbocycles. The third-order valence-corrected chi connectivity index (χ3v) is 3.75.